The van der Waals surface area contributed by atoms with Crippen LogP contribution >= 0.6 is 0 Å². The molecule has 0 fully saturated rings. The van der Waals surface area contributed by atoms with Crippen molar-refractivity contribution in [3.63, 3.8) is 0 Å². The average molecular weight is 281 g/mol. The molecule has 0 unspecified atom stereocenters. The molecule has 1 amide bonds. The second kappa shape index (κ2) is 6.70. The van der Waals surface area contributed by atoms with Crippen LogP contribution in [0.25, 0.3) is 0 Å². The van der Waals surface area contributed by atoms with Gasteiger partial charge in [-0.25, -0.2) is 0 Å². The molecule has 0 aliphatic rings. The minimum atomic E-state index is -0.407. The van der Waals surface area contributed by atoms with E-state index in [1.807, 2.05) is 67.6 Å². The van der Waals surface area contributed by atoms with Crippen LogP contribution in [-0.2, 0) is 4.79 Å². The number of aliphatic imine (C=N–C) groups is 1. The first kappa shape index (κ1) is 14.8. The third kappa shape index (κ3) is 3.69. The largest absolute Gasteiger partial charge is 0.370 e. The van der Waals surface area contributed by atoms with Gasteiger partial charge < -0.3 is 11.5 Å². The summed E-state index contributed by atoms with van der Waals surface area (Å²) in [7, 11) is 0. The Morgan fingerprint density at radius 1 is 0.905 bits per heavy atom. The number of amides is 1. The summed E-state index contributed by atoms with van der Waals surface area (Å²) in [6.45, 7) is 2.01. The molecule has 4 nitrogen and oxygen atoms in total. The van der Waals surface area contributed by atoms with Gasteiger partial charge in [-0.15, -0.1) is 0 Å². The van der Waals surface area contributed by atoms with Crippen molar-refractivity contribution in [3.8, 4) is 0 Å². The van der Waals surface area contributed by atoms with Crippen molar-refractivity contribution in [1.82, 2.24) is 0 Å². The van der Waals surface area contributed by atoms with Crippen LogP contribution in [0, 0.1) is 0 Å². The number of guanidine groups is 1. The summed E-state index contributed by atoms with van der Waals surface area (Å²) in [5.41, 5.74) is 12.7. The molecule has 4 heteroatoms. The van der Waals surface area contributed by atoms with E-state index in [0.29, 0.717) is 0 Å². The minimum absolute atomic E-state index is 0.0239. The minimum Gasteiger partial charge on any atom is -0.370 e. The lowest BCUT2D eigenvalue weighted by atomic mass is 9.82. The van der Waals surface area contributed by atoms with Crippen LogP contribution in [0.4, 0.5) is 0 Å². The van der Waals surface area contributed by atoms with Crippen LogP contribution in [0.5, 0.6) is 0 Å². The molecular formula is C17H19N3O. The van der Waals surface area contributed by atoms with Crippen molar-refractivity contribution in [2.24, 2.45) is 16.5 Å². The molecule has 4 N–H and O–H groups in total. The summed E-state index contributed by atoms with van der Waals surface area (Å²) in [6, 6.07) is 19.4. The van der Waals surface area contributed by atoms with Crippen LogP contribution in [0.1, 0.15) is 29.9 Å². The number of hydrogen-bond donors (Lipinski definition) is 2. The van der Waals surface area contributed by atoms with Crippen LogP contribution in [-0.4, -0.2) is 11.9 Å². The summed E-state index contributed by atoms with van der Waals surface area (Å²) in [5.74, 6) is -0.960. The summed E-state index contributed by atoms with van der Waals surface area (Å²) in [4.78, 5) is 16.2. The van der Waals surface area contributed by atoms with E-state index in [2.05, 4.69) is 4.99 Å². The quantitative estimate of drug-likeness (QED) is 0.667. The second-order valence-corrected chi connectivity index (χ2v) is 4.96. The van der Waals surface area contributed by atoms with Crippen molar-refractivity contribution in [1.29, 1.82) is 0 Å². The molecule has 0 spiro atoms. The van der Waals surface area contributed by atoms with Crippen LogP contribution in [0.2, 0.25) is 0 Å². The van der Waals surface area contributed by atoms with Crippen molar-refractivity contribution < 1.29 is 4.79 Å². The Morgan fingerprint density at radius 3 is 1.86 bits per heavy atom. The number of carbonyl (C=O) groups is 1. The predicted molar refractivity (Wildman–Crippen MR) is 84.9 cm³/mol. The van der Waals surface area contributed by atoms with Gasteiger partial charge >= 0.3 is 0 Å². The van der Waals surface area contributed by atoms with E-state index in [0.717, 1.165) is 11.1 Å². The molecule has 0 aliphatic heterocycles. The highest BCUT2D eigenvalue weighted by Gasteiger charge is 2.27. The lowest BCUT2D eigenvalue weighted by Crippen LogP contribution is -2.27. The Hall–Kier alpha value is -2.62. The molecular weight excluding hydrogens is 262 g/mol. The zero-order valence-electron chi connectivity index (χ0n) is 11.9. The highest BCUT2D eigenvalue weighted by Crippen LogP contribution is 2.33. The van der Waals surface area contributed by atoms with Crippen molar-refractivity contribution in [2.75, 3.05) is 0 Å². The smallest absolute Gasteiger partial charge is 0.257 e. The average Bonchev–Trinajstić information content (AvgIpc) is 2.48. The Balaban J connectivity index is 2.41. The molecule has 108 valence electrons. The zero-order valence-corrected chi connectivity index (χ0v) is 11.9. The van der Waals surface area contributed by atoms with Crippen molar-refractivity contribution in [3.05, 3.63) is 71.8 Å². The molecule has 2 aromatic rings. The van der Waals surface area contributed by atoms with Crippen LogP contribution in [0.3, 0.4) is 0 Å². The molecule has 2 rings (SSSR count). The molecule has 0 bridgehead atoms. The van der Waals surface area contributed by atoms with Gasteiger partial charge in [0.05, 0.1) is 5.92 Å². The number of rotatable bonds is 4. The van der Waals surface area contributed by atoms with Gasteiger partial charge in [0.2, 0.25) is 0 Å². The van der Waals surface area contributed by atoms with Gasteiger partial charge in [-0.2, -0.15) is 4.99 Å². The Kier molecular flexibility index (Phi) is 4.72. The first-order chi connectivity index (χ1) is 10.1. The van der Waals surface area contributed by atoms with Gasteiger partial charge in [-0.05, 0) is 17.0 Å². The Morgan fingerprint density at radius 2 is 1.38 bits per heavy atom. The topological polar surface area (TPSA) is 81.5 Å². The summed E-state index contributed by atoms with van der Waals surface area (Å²) >= 11 is 0. The molecule has 21 heavy (non-hydrogen) atoms. The first-order valence-electron chi connectivity index (χ1n) is 6.83. The molecule has 0 radical (unpaired) electrons. The monoisotopic (exact) mass is 281 g/mol. The maximum atomic E-state index is 12.4. The molecule has 0 aliphatic carbocycles. The van der Waals surface area contributed by atoms with Gasteiger partial charge in [0.15, 0.2) is 5.96 Å². The van der Waals surface area contributed by atoms with E-state index in [4.69, 9.17) is 11.5 Å². The van der Waals surface area contributed by atoms with Crippen LogP contribution in [0.15, 0.2) is 65.7 Å². The van der Waals surface area contributed by atoms with Gasteiger partial charge in [0.1, 0.15) is 0 Å². The number of nitrogens with two attached hydrogens (primary N) is 2. The molecule has 0 saturated carbocycles. The van der Waals surface area contributed by atoms with E-state index in [1.54, 1.807) is 0 Å². The second-order valence-electron chi connectivity index (χ2n) is 4.96. The fourth-order valence-electron chi connectivity index (χ4n) is 2.45. The normalized spacial score (nSPS) is 13.2. The van der Waals surface area contributed by atoms with Crippen LogP contribution < -0.4 is 11.5 Å². The molecule has 2 aromatic carbocycles. The standard InChI is InChI=1S/C17H19N3O/c1-12(13-8-4-2-5-9-13)15(16(21)20-17(18)19)14-10-6-3-7-11-14/h2-12,15H,1H3,(H4,18,19,20,21)/t12-,15+/m0/s1. The summed E-state index contributed by atoms with van der Waals surface area (Å²) in [6.07, 6.45) is 0. The lowest BCUT2D eigenvalue weighted by Gasteiger charge is -2.22. The Bertz CT molecular complexity index is 619. The first-order valence-corrected chi connectivity index (χ1v) is 6.83. The van der Waals surface area contributed by atoms with Crippen molar-refractivity contribution in [2.45, 2.75) is 18.8 Å². The van der Waals surface area contributed by atoms with E-state index >= 15 is 0 Å². The lowest BCUT2D eigenvalue weighted by molar-refractivity contribution is -0.119. The maximum absolute atomic E-state index is 12.4. The van der Waals surface area contributed by atoms with Gasteiger partial charge in [-0.3, -0.25) is 4.79 Å². The SMILES string of the molecule is C[C@@H](c1ccccc1)[C@@H](C(=O)N=C(N)N)c1ccccc1. The third-order valence-electron chi connectivity index (χ3n) is 3.49. The molecule has 0 heterocycles. The van der Waals surface area contributed by atoms with Gasteiger partial charge in [-0.1, -0.05) is 67.6 Å². The highest BCUT2D eigenvalue weighted by molar-refractivity contribution is 5.95. The number of carbonyl (C=O) groups excluding carboxylic acids is 1. The van der Waals surface area contributed by atoms with E-state index < -0.39 is 5.92 Å². The number of nitrogens with zero attached hydrogens (tertiary/aromatic N) is 1. The maximum Gasteiger partial charge on any atom is 0.257 e. The fraction of sp³-hybridized carbons (Fsp3) is 0.176. The van der Waals surface area contributed by atoms with E-state index in [9.17, 15) is 4.79 Å². The van der Waals surface area contributed by atoms with Gasteiger partial charge in [0.25, 0.3) is 5.91 Å². The molecule has 2 atom stereocenters. The summed E-state index contributed by atoms with van der Waals surface area (Å²) in [5, 5.41) is 0. The fourth-order valence-corrected chi connectivity index (χ4v) is 2.45. The molecule has 0 aromatic heterocycles. The van der Waals surface area contributed by atoms with E-state index in [1.165, 1.54) is 0 Å². The van der Waals surface area contributed by atoms with Gasteiger partial charge in [0, 0.05) is 0 Å². The molecule has 0 saturated heterocycles. The predicted octanol–water partition coefficient (Wildman–Crippen LogP) is 2.37. The van der Waals surface area contributed by atoms with Crippen molar-refractivity contribution >= 4 is 11.9 Å². The highest BCUT2D eigenvalue weighted by atomic mass is 16.1. The summed E-state index contributed by atoms with van der Waals surface area (Å²) < 4.78 is 0. The zero-order chi connectivity index (χ0) is 15.2. The third-order valence-corrected chi connectivity index (χ3v) is 3.49. The number of hydrogen-bond acceptors (Lipinski definition) is 1. The number of benzene rings is 2. The van der Waals surface area contributed by atoms with E-state index in [-0.39, 0.29) is 17.8 Å². The Labute approximate surface area is 124 Å².